The van der Waals surface area contributed by atoms with Crippen molar-refractivity contribution in [3.63, 3.8) is 0 Å². The van der Waals surface area contributed by atoms with Crippen molar-refractivity contribution in [1.29, 1.82) is 0 Å². The number of carbonyl (C=O) groups is 1. The highest BCUT2D eigenvalue weighted by Gasteiger charge is 2.43. The fourth-order valence-electron chi connectivity index (χ4n) is 2.59. The molecule has 0 aromatic heterocycles. The van der Waals surface area contributed by atoms with Crippen LogP contribution < -0.4 is 0 Å². The number of hydrogen-bond donors (Lipinski definition) is 0. The van der Waals surface area contributed by atoms with Gasteiger partial charge in [-0.1, -0.05) is 53.5 Å². The summed E-state index contributed by atoms with van der Waals surface area (Å²) in [6.45, 7) is 13.0. The van der Waals surface area contributed by atoms with E-state index in [-0.39, 0.29) is 11.9 Å². The summed E-state index contributed by atoms with van der Waals surface area (Å²) >= 11 is 0. The van der Waals surface area contributed by atoms with Crippen LogP contribution in [0.1, 0.15) is 66.2 Å². The van der Waals surface area contributed by atoms with Gasteiger partial charge in [-0.2, -0.15) is 0 Å². The summed E-state index contributed by atoms with van der Waals surface area (Å²) in [7, 11) is 0. The summed E-state index contributed by atoms with van der Waals surface area (Å²) in [5.41, 5.74) is 0.395. The lowest BCUT2D eigenvalue weighted by atomic mass is 9.74. The number of rotatable bonds is 9. The molecule has 0 aromatic rings. The second-order valence-corrected chi connectivity index (χ2v) is 6.37. The van der Waals surface area contributed by atoms with Crippen molar-refractivity contribution in [3.8, 4) is 0 Å². The van der Waals surface area contributed by atoms with Gasteiger partial charge >= 0.3 is 0 Å². The molecule has 1 saturated heterocycles. The van der Waals surface area contributed by atoms with E-state index in [9.17, 15) is 4.79 Å². The number of hydrogen-bond acceptors (Lipinski definition) is 1. The smallest absolute Gasteiger partial charge is 0.250 e. The maximum absolute atomic E-state index is 11.4. The largest absolute Gasteiger partial charge is 0.305 e. The molecule has 1 amide bonds. The Balaban J connectivity index is 2.28. The maximum Gasteiger partial charge on any atom is 0.250 e. The lowest BCUT2D eigenvalue weighted by molar-refractivity contribution is -0.113. The Labute approximate surface area is 112 Å². The molecule has 1 aliphatic heterocycles. The summed E-state index contributed by atoms with van der Waals surface area (Å²) in [4.78, 5) is 13.1. The number of amides is 1. The van der Waals surface area contributed by atoms with Gasteiger partial charge < -0.3 is 4.90 Å². The van der Waals surface area contributed by atoms with Crippen molar-refractivity contribution < 1.29 is 4.79 Å². The molecule has 1 fully saturated rings. The summed E-state index contributed by atoms with van der Waals surface area (Å²) in [6.07, 6.45) is 9.03. The molecule has 0 radical (unpaired) electrons. The molecule has 0 saturated carbocycles. The van der Waals surface area contributed by atoms with Crippen LogP contribution in [0, 0.1) is 11.3 Å². The number of nitrogens with zero attached hydrogens (tertiary/aromatic N) is 1. The molecule has 2 unspecified atom stereocenters. The first kappa shape index (κ1) is 15.3. The normalized spacial score (nSPS) is 21.0. The van der Waals surface area contributed by atoms with Gasteiger partial charge in [0.1, 0.15) is 6.04 Å². The van der Waals surface area contributed by atoms with Gasteiger partial charge in [0.2, 0.25) is 5.91 Å². The van der Waals surface area contributed by atoms with Crippen molar-refractivity contribution in [2.24, 2.45) is 11.3 Å². The fraction of sp³-hybridized carbons (Fsp3) is 0.812. The van der Waals surface area contributed by atoms with Crippen LogP contribution in [-0.4, -0.2) is 16.8 Å². The summed E-state index contributed by atoms with van der Waals surface area (Å²) < 4.78 is 0. The monoisotopic (exact) mass is 251 g/mol. The van der Waals surface area contributed by atoms with E-state index in [0.717, 1.165) is 12.8 Å². The standard InChI is InChI=1S/C16H29NO/c1-6-8-9-12-16(4,5)13(3)10-11-14-15(18)17(14)7-2/h7,13-14H,2,6,8-12H2,1,3-5H3. The first-order chi connectivity index (χ1) is 8.44. The molecular weight excluding hydrogens is 222 g/mol. The lowest BCUT2D eigenvalue weighted by Crippen LogP contribution is -2.22. The zero-order chi connectivity index (χ0) is 13.8. The van der Waals surface area contributed by atoms with E-state index in [1.54, 1.807) is 11.1 Å². The van der Waals surface area contributed by atoms with E-state index in [0.29, 0.717) is 11.3 Å². The Bertz CT molecular complexity index is 295. The summed E-state index contributed by atoms with van der Waals surface area (Å²) in [5, 5.41) is 0. The van der Waals surface area contributed by atoms with E-state index >= 15 is 0 Å². The van der Waals surface area contributed by atoms with Crippen LogP contribution in [-0.2, 0) is 4.79 Å². The SMILES string of the molecule is C=CN1C(=O)C1CCC(C)C(C)(C)CCCCC. The molecule has 104 valence electrons. The maximum atomic E-state index is 11.4. The highest BCUT2D eigenvalue weighted by Crippen LogP contribution is 2.37. The van der Waals surface area contributed by atoms with Gasteiger partial charge in [-0.15, -0.1) is 0 Å². The van der Waals surface area contributed by atoms with Crippen LogP contribution in [0.4, 0.5) is 0 Å². The van der Waals surface area contributed by atoms with E-state index in [2.05, 4.69) is 34.3 Å². The van der Waals surface area contributed by atoms with E-state index < -0.39 is 0 Å². The van der Waals surface area contributed by atoms with E-state index in [1.807, 2.05) is 0 Å². The van der Waals surface area contributed by atoms with Crippen molar-refractivity contribution in [2.75, 3.05) is 0 Å². The third-order valence-corrected chi connectivity index (χ3v) is 4.64. The second-order valence-electron chi connectivity index (χ2n) is 6.37. The highest BCUT2D eigenvalue weighted by molar-refractivity contribution is 5.97. The van der Waals surface area contributed by atoms with E-state index in [1.165, 1.54) is 25.7 Å². The van der Waals surface area contributed by atoms with Crippen LogP contribution in [0.2, 0.25) is 0 Å². The predicted molar refractivity (Wildman–Crippen MR) is 77.2 cm³/mol. The molecule has 0 aliphatic carbocycles. The Kier molecular flexibility index (Phi) is 5.43. The van der Waals surface area contributed by atoms with Crippen LogP contribution in [0.25, 0.3) is 0 Å². The minimum absolute atomic E-state index is 0.136. The number of unbranched alkanes of at least 4 members (excludes halogenated alkanes) is 2. The molecule has 1 heterocycles. The molecule has 0 bridgehead atoms. The minimum atomic E-state index is 0.136. The molecule has 18 heavy (non-hydrogen) atoms. The Hall–Kier alpha value is -0.790. The highest BCUT2D eigenvalue weighted by atomic mass is 16.2. The van der Waals surface area contributed by atoms with Crippen LogP contribution >= 0.6 is 0 Å². The fourth-order valence-corrected chi connectivity index (χ4v) is 2.59. The summed E-state index contributed by atoms with van der Waals surface area (Å²) in [5.74, 6) is 0.926. The lowest BCUT2D eigenvalue weighted by Gasteiger charge is -2.32. The van der Waals surface area contributed by atoms with Crippen LogP contribution in [0.5, 0.6) is 0 Å². The first-order valence-corrected chi connectivity index (χ1v) is 7.38. The first-order valence-electron chi connectivity index (χ1n) is 7.38. The Morgan fingerprint density at radius 1 is 1.44 bits per heavy atom. The summed E-state index contributed by atoms with van der Waals surface area (Å²) in [6, 6.07) is 0.136. The van der Waals surface area contributed by atoms with Crippen molar-refractivity contribution in [2.45, 2.75) is 72.3 Å². The van der Waals surface area contributed by atoms with Gasteiger partial charge in [-0.25, -0.2) is 0 Å². The molecule has 2 nitrogen and oxygen atoms in total. The minimum Gasteiger partial charge on any atom is -0.305 e. The molecular formula is C16H29NO. The van der Waals surface area contributed by atoms with Gasteiger partial charge in [0, 0.05) is 6.20 Å². The van der Waals surface area contributed by atoms with Gasteiger partial charge in [-0.05, 0) is 30.6 Å². The van der Waals surface area contributed by atoms with Gasteiger partial charge in [0.15, 0.2) is 0 Å². The molecule has 2 heteroatoms. The van der Waals surface area contributed by atoms with Crippen LogP contribution in [0.15, 0.2) is 12.8 Å². The topological polar surface area (TPSA) is 20.1 Å². The van der Waals surface area contributed by atoms with Crippen LogP contribution in [0.3, 0.4) is 0 Å². The van der Waals surface area contributed by atoms with Crippen molar-refractivity contribution in [3.05, 3.63) is 12.8 Å². The molecule has 0 spiro atoms. The predicted octanol–water partition coefficient (Wildman–Crippen LogP) is 4.36. The van der Waals surface area contributed by atoms with Gasteiger partial charge in [0.25, 0.3) is 0 Å². The van der Waals surface area contributed by atoms with Gasteiger partial charge in [0.05, 0.1) is 0 Å². The Morgan fingerprint density at radius 3 is 2.61 bits per heavy atom. The molecule has 1 rings (SSSR count). The zero-order valence-electron chi connectivity index (χ0n) is 12.5. The average molecular weight is 251 g/mol. The van der Waals surface area contributed by atoms with Gasteiger partial charge in [-0.3, -0.25) is 4.79 Å². The van der Waals surface area contributed by atoms with Crippen molar-refractivity contribution in [1.82, 2.24) is 4.90 Å². The average Bonchev–Trinajstić information content (AvgIpc) is 2.95. The third kappa shape index (κ3) is 3.86. The molecule has 0 aromatic carbocycles. The Morgan fingerprint density at radius 2 is 2.11 bits per heavy atom. The van der Waals surface area contributed by atoms with E-state index in [4.69, 9.17) is 0 Å². The number of carbonyl (C=O) groups excluding carboxylic acids is 1. The van der Waals surface area contributed by atoms with Crippen molar-refractivity contribution >= 4 is 5.91 Å². The third-order valence-electron chi connectivity index (χ3n) is 4.64. The molecule has 1 aliphatic rings. The zero-order valence-corrected chi connectivity index (χ0v) is 12.5. The second kappa shape index (κ2) is 6.40. The molecule has 0 N–H and O–H groups in total. The molecule has 2 atom stereocenters. The quantitative estimate of drug-likeness (QED) is 0.440.